The summed E-state index contributed by atoms with van der Waals surface area (Å²) < 4.78 is 0. The maximum Gasteiger partial charge on any atom is 0.269 e. The summed E-state index contributed by atoms with van der Waals surface area (Å²) in [6.07, 6.45) is 0. The molecular formula is C17H17N3O4S. The molecule has 0 bridgehead atoms. The Bertz CT molecular complexity index is 760. The number of nitrogens with zero attached hydrogens (tertiary/aromatic N) is 1. The van der Waals surface area contributed by atoms with Crippen molar-refractivity contribution >= 4 is 40.6 Å². The second-order valence-corrected chi connectivity index (χ2v) is 6.21. The van der Waals surface area contributed by atoms with E-state index in [0.717, 1.165) is 5.56 Å². The number of thioether (sulfide) groups is 1. The number of hydrogen-bond donors (Lipinski definition) is 2. The SMILES string of the molecule is CC(=O)Nc1ccc(NC(=O)CSCc2ccc([N+](=O)[O-])cc2)cc1. The molecule has 8 heteroatoms. The van der Waals surface area contributed by atoms with Crippen LogP contribution in [0.1, 0.15) is 12.5 Å². The van der Waals surface area contributed by atoms with Gasteiger partial charge >= 0.3 is 0 Å². The van der Waals surface area contributed by atoms with Crippen LogP contribution < -0.4 is 10.6 Å². The lowest BCUT2D eigenvalue weighted by molar-refractivity contribution is -0.384. The summed E-state index contributed by atoms with van der Waals surface area (Å²) in [7, 11) is 0. The second kappa shape index (κ2) is 8.84. The Morgan fingerprint density at radius 3 is 2.08 bits per heavy atom. The summed E-state index contributed by atoms with van der Waals surface area (Å²) in [5.74, 6) is 0.566. The van der Waals surface area contributed by atoms with Crippen molar-refractivity contribution < 1.29 is 14.5 Å². The van der Waals surface area contributed by atoms with Gasteiger partial charge in [-0.25, -0.2) is 0 Å². The number of nitrogens with one attached hydrogen (secondary N) is 2. The highest BCUT2D eigenvalue weighted by Gasteiger charge is 2.06. The zero-order valence-corrected chi connectivity index (χ0v) is 14.3. The molecule has 0 aromatic heterocycles. The molecule has 2 rings (SSSR count). The molecule has 2 aromatic rings. The number of benzene rings is 2. The van der Waals surface area contributed by atoms with E-state index in [1.807, 2.05) is 0 Å². The monoisotopic (exact) mass is 359 g/mol. The first-order chi connectivity index (χ1) is 11.9. The fraction of sp³-hybridized carbons (Fsp3) is 0.176. The molecule has 25 heavy (non-hydrogen) atoms. The lowest BCUT2D eigenvalue weighted by Crippen LogP contribution is -2.14. The van der Waals surface area contributed by atoms with Crippen LogP contribution >= 0.6 is 11.8 Å². The van der Waals surface area contributed by atoms with Crippen LogP contribution in [0.5, 0.6) is 0 Å². The van der Waals surface area contributed by atoms with E-state index in [0.29, 0.717) is 17.1 Å². The molecule has 0 aliphatic carbocycles. The van der Waals surface area contributed by atoms with E-state index in [2.05, 4.69) is 10.6 Å². The minimum atomic E-state index is -0.443. The maximum atomic E-state index is 11.9. The predicted molar refractivity (Wildman–Crippen MR) is 98.6 cm³/mol. The van der Waals surface area contributed by atoms with Crippen molar-refractivity contribution in [3.63, 3.8) is 0 Å². The van der Waals surface area contributed by atoms with E-state index in [4.69, 9.17) is 0 Å². The van der Waals surface area contributed by atoms with Crippen molar-refractivity contribution in [2.24, 2.45) is 0 Å². The minimum absolute atomic E-state index is 0.0502. The van der Waals surface area contributed by atoms with Crippen LogP contribution in [0.2, 0.25) is 0 Å². The van der Waals surface area contributed by atoms with E-state index in [-0.39, 0.29) is 23.3 Å². The molecule has 0 saturated carbocycles. The Labute approximate surface area is 149 Å². The fourth-order valence-corrected chi connectivity index (χ4v) is 2.80. The van der Waals surface area contributed by atoms with Crippen molar-refractivity contribution in [1.82, 2.24) is 0 Å². The molecule has 130 valence electrons. The summed E-state index contributed by atoms with van der Waals surface area (Å²) in [5, 5.41) is 16.0. The Balaban J connectivity index is 1.76. The Hall–Kier alpha value is -2.87. The van der Waals surface area contributed by atoms with E-state index in [1.165, 1.54) is 30.8 Å². The number of amides is 2. The number of rotatable bonds is 7. The summed E-state index contributed by atoms with van der Waals surface area (Å²) in [6, 6.07) is 13.1. The van der Waals surface area contributed by atoms with Gasteiger partial charge in [0.15, 0.2) is 0 Å². The molecule has 0 saturated heterocycles. The van der Waals surface area contributed by atoms with E-state index in [1.54, 1.807) is 36.4 Å². The van der Waals surface area contributed by atoms with Crippen molar-refractivity contribution in [2.75, 3.05) is 16.4 Å². The summed E-state index contributed by atoms with van der Waals surface area (Å²) in [6.45, 7) is 1.43. The Morgan fingerprint density at radius 1 is 1.00 bits per heavy atom. The number of nitro benzene ring substituents is 1. The molecular weight excluding hydrogens is 342 g/mol. The van der Waals surface area contributed by atoms with Crippen molar-refractivity contribution in [1.29, 1.82) is 0 Å². The zero-order valence-electron chi connectivity index (χ0n) is 13.5. The number of anilines is 2. The topological polar surface area (TPSA) is 101 Å². The minimum Gasteiger partial charge on any atom is -0.326 e. The average Bonchev–Trinajstić information content (AvgIpc) is 2.56. The standard InChI is InChI=1S/C17H17N3O4S/c1-12(21)18-14-4-6-15(7-5-14)19-17(22)11-25-10-13-2-8-16(9-3-13)20(23)24/h2-9H,10-11H2,1H3,(H,18,21)(H,19,22). The molecule has 0 fully saturated rings. The highest BCUT2D eigenvalue weighted by Crippen LogP contribution is 2.18. The summed E-state index contributed by atoms with van der Waals surface area (Å²) >= 11 is 1.42. The van der Waals surface area contributed by atoms with E-state index in [9.17, 15) is 19.7 Å². The zero-order chi connectivity index (χ0) is 18.2. The highest BCUT2D eigenvalue weighted by molar-refractivity contribution is 7.99. The second-order valence-electron chi connectivity index (χ2n) is 5.22. The number of carbonyl (C=O) groups is 2. The Kier molecular flexibility index (Phi) is 6.53. The van der Waals surface area contributed by atoms with Gasteiger partial charge < -0.3 is 10.6 Å². The molecule has 2 amide bonds. The van der Waals surface area contributed by atoms with Gasteiger partial charge in [-0.3, -0.25) is 19.7 Å². The largest absolute Gasteiger partial charge is 0.326 e. The van der Waals surface area contributed by atoms with Gasteiger partial charge in [0.1, 0.15) is 0 Å². The van der Waals surface area contributed by atoms with Gasteiger partial charge in [0.25, 0.3) is 5.69 Å². The average molecular weight is 359 g/mol. The van der Waals surface area contributed by atoms with Crippen LogP contribution in [-0.2, 0) is 15.3 Å². The van der Waals surface area contributed by atoms with E-state index >= 15 is 0 Å². The van der Waals surface area contributed by atoms with Gasteiger partial charge in [0.05, 0.1) is 10.7 Å². The third-order valence-electron chi connectivity index (χ3n) is 3.14. The molecule has 7 nitrogen and oxygen atoms in total. The lowest BCUT2D eigenvalue weighted by atomic mass is 10.2. The van der Waals surface area contributed by atoms with Crippen molar-refractivity contribution in [2.45, 2.75) is 12.7 Å². The molecule has 0 radical (unpaired) electrons. The van der Waals surface area contributed by atoms with Gasteiger partial charge in [-0.1, -0.05) is 12.1 Å². The fourth-order valence-electron chi connectivity index (χ4n) is 2.01. The van der Waals surface area contributed by atoms with Crippen LogP contribution in [0.3, 0.4) is 0 Å². The smallest absolute Gasteiger partial charge is 0.269 e. The first-order valence-corrected chi connectivity index (χ1v) is 8.58. The molecule has 2 aromatic carbocycles. The highest BCUT2D eigenvalue weighted by atomic mass is 32.2. The quantitative estimate of drug-likeness (QED) is 0.582. The number of hydrogen-bond acceptors (Lipinski definition) is 5. The number of nitro groups is 1. The molecule has 0 unspecified atom stereocenters. The third-order valence-corrected chi connectivity index (χ3v) is 4.14. The van der Waals surface area contributed by atoms with Gasteiger partial charge in [-0.15, -0.1) is 11.8 Å². The third kappa shape index (κ3) is 6.27. The number of non-ortho nitro benzene ring substituents is 1. The van der Waals surface area contributed by atoms with Crippen LogP contribution in [0.25, 0.3) is 0 Å². The lowest BCUT2D eigenvalue weighted by Gasteiger charge is -2.07. The predicted octanol–water partition coefficient (Wildman–Crippen LogP) is 3.43. The van der Waals surface area contributed by atoms with Crippen LogP contribution in [0.4, 0.5) is 17.1 Å². The van der Waals surface area contributed by atoms with Gasteiger partial charge in [-0.2, -0.15) is 0 Å². The summed E-state index contributed by atoms with van der Waals surface area (Å²) in [5.41, 5.74) is 2.28. The normalized spacial score (nSPS) is 10.1. The Morgan fingerprint density at radius 2 is 1.56 bits per heavy atom. The molecule has 0 aliphatic heterocycles. The van der Waals surface area contributed by atoms with Crippen LogP contribution in [-0.4, -0.2) is 22.5 Å². The van der Waals surface area contributed by atoms with E-state index < -0.39 is 4.92 Å². The van der Waals surface area contributed by atoms with Crippen molar-refractivity contribution in [3.05, 3.63) is 64.2 Å². The molecule has 2 N–H and O–H groups in total. The summed E-state index contributed by atoms with van der Waals surface area (Å²) in [4.78, 5) is 33.0. The molecule has 0 spiro atoms. The first kappa shape index (κ1) is 18.5. The maximum absolute atomic E-state index is 11.9. The number of carbonyl (C=O) groups excluding carboxylic acids is 2. The van der Waals surface area contributed by atoms with Crippen molar-refractivity contribution in [3.8, 4) is 0 Å². The van der Waals surface area contributed by atoms with Gasteiger partial charge in [0.2, 0.25) is 11.8 Å². The molecule has 0 atom stereocenters. The first-order valence-electron chi connectivity index (χ1n) is 7.42. The van der Waals surface area contributed by atoms with Crippen LogP contribution in [0.15, 0.2) is 48.5 Å². The molecule has 0 aliphatic rings. The van der Waals surface area contributed by atoms with Crippen LogP contribution in [0, 0.1) is 10.1 Å². The van der Waals surface area contributed by atoms with Gasteiger partial charge in [-0.05, 0) is 29.8 Å². The van der Waals surface area contributed by atoms with Gasteiger partial charge in [0, 0.05) is 36.2 Å². The molecule has 0 heterocycles.